The summed E-state index contributed by atoms with van der Waals surface area (Å²) < 4.78 is 0. The number of hydrogen-bond acceptors (Lipinski definition) is 2. The van der Waals surface area contributed by atoms with E-state index in [0.717, 1.165) is 18.4 Å². The van der Waals surface area contributed by atoms with Crippen molar-refractivity contribution in [3.05, 3.63) is 48.2 Å². The molecule has 0 saturated heterocycles. The third-order valence-electron chi connectivity index (χ3n) is 3.31. The Bertz CT molecular complexity index is 469. The van der Waals surface area contributed by atoms with Crippen molar-refractivity contribution in [2.45, 2.75) is 31.3 Å². The summed E-state index contributed by atoms with van der Waals surface area (Å²) in [5.41, 5.74) is 2.70. The van der Waals surface area contributed by atoms with E-state index in [-0.39, 0.29) is 5.78 Å². The number of carbonyl (C=O) groups excluding carboxylic acids is 1. The van der Waals surface area contributed by atoms with Crippen LogP contribution in [0.25, 0.3) is 5.57 Å². The highest BCUT2D eigenvalue weighted by atomic mass is 16.3. The van der Waals surface area contributed by atoms with Crippen molar-refractivity contribution in [1.82, 2.24) is 0 Å². The summed E-state index contributed by atoms with van der Waals surface area (Å²) in [6.07, 6.45) is 2.63. The van der Waals surface area contributed by atoms with Gasteiger partial charge < -0.3 is 5.11 Å². The zero-order valence-corrected chi connectivity index (χ0v) is 9.78. The molecular weight excluding hydrogens is 212 g/mol. The van der Waals surface area contributed by atoms with Crippen LogP contribution in [0.15, 0.2) is 42.6 Å². The molecule has 1 aliphatic rings. The number of hydrogen-bond donors (Lipinski definition) is 1. The van der Waals surface area contributed by atoms with Gasteiger partial charge in [-0.05, 0) is 24.8 Å². The Balaban J connectivity index is 2.43. The summed E-state index contributed by atoms with van der Waals surface area (Å²) in [5.74, 6) is -0.112. The molecule has 1 aromatic carbocycles. The second kappa shape index (κ2) is 4.70. The normalized spacial score (nSPS) is 24.2. The summed E-state index contributed by atoms with van der Waals surface area (Å²) in [5, 5.41) is 10.6. The third-order valence-corrected chi connectivity index (χ3v) is 3.31. The molecule has 1 atom stereocenters. The zero-order valence-electron chi connectivity index (χ0n) is 9.78. The van der Waals surface area contributed by atoms with Crippen molar-refractivity contribution in [2.75, 3.05) is 0 Å². The average Bonchev–Trinajstić information content (AvgIpc) is 2.35. The molecule has 1 N–H and O–H groups in total. The van der Waals surface area contributed by atoms with Crippen LogP contribution in [0.2, 0.25) is 0 Å². The Kier molecular flexibility index (Phi) is 3.28. The van der Waals surface area contributed by atoms with E-state index in [2.05, 4.69) is 12.3 Å². The minimum absolute atomic E-state index is 0.112. The molecule has 1 saturated carbocycles. The van der Waals surface area contributed by atoms with Crippen LogP contribution in [0.1, 0.15) is 31.2 Å². The molecule has 0 heterocycles. The number of Topliss-reactive ketones (excluding diaryl/α,β-unsaturated/α-hetero) is 1. The van der Waals surface area contributed by atoms with Gasteiger partial charge in [-0.15, -0.1) is 5.73 Å². The lowest BCUT2D eigenvalue weighted by atomic mass is 9.76. The smallest absolute Gasteiger partial charge is 0.169 e. The summed E-state index contributed by atoms with van der Waals surface area (Å²) in [6.45, 7) is 3.62. The van der Waals surface area contributed by atoms with E-state index >= 15 is 0 Å². The minimum Gasteiger partial charge on any atom is -0.377 e. The van der Waals surface area contributed by atoms with Crippen LogP contribution in [0.4, 0.5) is 0 Å². The highest BCUT2D eigenvalue weighted by Crippen LogP contribution is 2.36. The van der Waals surface area contributed by atoms with Gasteiger partial charge in [0.05, 0.1) is 0 Å². The molecule has 2 nitrogen and oxygen atoms in total. The molecule has 2 heteroatoms. The predicted molar refractivity (Wildman–Crippen MR) is 67.4 cm³/mol. The summed E-state index contributed by atoms with van der Waals surface area (Å²) >= 11 is 0. The molecular formula is C15H16O2. The van der Waals surface area contributed by atoms with Crippen LogP contribution in [0, 0.1) is 0 Å². The van der Waals surface area contributed by atoms with Gasteiger partial charge in [-0.2, -0.15) is 0 Å². The van der Waals surface area contributed by atoms with Gasteiger partial charge in [0.2, 0.25) is 0 Å². The molecule has 0 aliphatic heterocycles. The standard InChI is InChI=1S/C15H16O2/c1-2-13(12-8-4-3-5-9-12)15(17)11-7-6-10-14(15)16/h3-5,8-9,17H,1,6-7,10-11H2. The van der Waals surface area contributed by atoms with Crippen LogP contribution in [-0.4, -0.2) is 16.5 Å². The lowest BCUT2D eigenvalue weighted by molar-refractivity contribution is -0.134. The van der Waals surface area contributed by atoms with Gasteiger partial charge in [-0.1, -0.05) is 36.9 Å². The summed E-state index contributed by atoms with van der Waals surface area (Å²) in [7, 11) is 0. The Hall–Kier alpha value is -1.63. The summed E-state index contributed by atoms with van der Waals surface area (Å²) in [4.78, 5) is 12.0. The van der Waals surface area contributed by atoms with Gasteiger partial charge in [0.25, 0.3) is 0 Å². The topological polar surface area (TPSA) is 37.3 Å². The Morgan fingerprint density at radius 1 is 1.29 bits per heavy atom. The van der Waals surface area contributed by atoms with Crippen LogP contribution in [0.5, 0.6) is 0 Å². The molecule has 0 amide bonds. The Labute approximate surface area is 101 Å². The van der Waals surface area contributed by atoms with E-state index in [1.165, 1.54) is 0 Å². The molecule has 1 unspecified atom stereocenters. The van der Waals surface area contributed by atoms with Crippen molar-refractivity contribution in [2.24, 2.45) is 0 Å². The molecule has 0 aromatic heterocycles. The van der Waals surface area contributed by atoms with E-state index in [1.807, 2.05) is 30.3 Å². The number of ketones is 1. The molecule has 0 bridgehead atoms. The second-order valence-corrected chi connectivity index (χ2v) is 4.41. The van der Waals surface area contributed by atoms with Crippen molar-refractivity contribution < 1.29 is 9.90 Å². The quantitative estimate of drug-likeness (QED) is 0.790. The zero-order chi connectivity index (χ0) is 12.3. The molecule has 1 aromatic rings. The van der Waals surface area contributed by atoms with E-state index in [1.54, 1.807) is 0 Å². The highest BCUT2D eigenvalue weighted by molar-refractivity contribution is 6.00. The van der Waals surface area contributed by atoms with Crippen molar-refractivity contribution in [3.63, 3.8) is 0 Å². The molecule has 0 radical (unpaired) electrons. The van der Waals surface area contributed by atoms with Crippen LogP contribution in [0.3, 0.4) is 0 Å². The molecule has 1 fully saturated rings. The van der Waals surface area contributed by atoms with Crippen LogP contribution >= 0.6 is 0 Å². The number of rotatable bonds is 2. The minimum atomic E-state index is -1.39. The first-order chi connectivity index (χ1) is 8.18. The highest BCUT2D eigenvalue weighted by Gasteiger charge is 2.41. The van der Waals surface area contributed by atoms with E-state index in [9.17, 15) is 9.90 Å². The first-order valence-electron chi connectivity index (χ1n) is 5.90. The second-order valence-electron chi connectivity index (χ2n) is 4.41. The number of aliphatic hydroxyl groups is 1. The first-order valence-corrected chi connectivity index (χ1v) is 5.90. The monoisotopic (exact) mass is 228 g/mol. The van der Waals surface area contributed by atoms with Gasteiger partial charge in [-0.25, -0.2) is 0 Å². The maximum atomic E-state index is 12.0. The fourth-order valence-electron chi connectivity index (χ4n) is 2.37. The lowest BCUT2D eigenvalue weighted by Crippen LogP contribution is -2.42. The van der Waals surface area contributed by atoms with Crippen molar-refractivity contribution in [1.29, 1.82) is 0 Å². The summed E-state index contributed by atoms with van der Waals surface area (Å²) in [6, 6.07) is 9.39. The first kappa shape index (κ1) is 11.8. The van der Waals surface area contributed by atoms with Crippen molar-refractivity contribution in [3.8, 4) is 0 Å². The van der Waals surface area contributed by atoms with E-state index in [4.69, 9.17) is 0 Å². The Morgan fingerprint density at radius 3 is 2.59 bits per heavy atom. The SMILES string of the molecule is C=C=C(c1ccccc1)C1(O)CCCCC1=O. The van der Waals surface area contributed by atoms with Gasteiger partial charge in [0.1, 0.15) is 0 Å². The molecule has 0 spiro atoms. The van der Waals surface area contributed by atoms with Crippen molar-refractivity contribution >= 4 is 11.4 Å². The average molecular weight is 228 g/mol. The maximum absolute atomic E-state index is 12.0. The van der Waals surface area contributed by atoms with Gasteiger partial charge in [0, 0.05) is 12.0 Å². The van der Waals surface area contributed by atoms with Gasteiger partial charge >= 0.3 is 0 Å². The van der Waals surface area contributed by atoms with Crippen LogP contribution in [-0.2, 0) is 4.79 Å². The molecule has 1 aliphatic carbocycles. The fraction of sp³-hybridized carbons (Fsp3) is 0.333. The lowest BCUT2D eigenvalue weighted by Gasteiger charge is -2.32. The Morgan fingerprint density at radius 2 is 2.00 bits per heavy atom. The maximum Gasteiger partial charge on any atom is 0.169 e. The fourth-order valence-corrected chi connectivity index (χ4v) is 2.37. The number of benzene rings is 1. The van der Waals surface area contributed by atoms with E-state index < -0.39 is 5.60 Å². The predicted octanol–water partition coefficient (Wildman–Crippen LogP) is 2.73. The molecule has 17 heavy (non-hydrogen) atoms. The van der Waals surface area contributed by atoms with Gasteiger partial charge in [-0.3, -0.25) is 4.79 Å². The van der Waals surface area contributed by atoms with Gasteiger partial charge in [0.15, 0.2) is 11.4 Å². The largest absolute Gasteiger partial charge is 0.377 e. The third kappa shape index (κ3) is 2.10. The van der Waals surface area contributed by atoms with Crippen LogP contribution < -0.4 is 0 Å². The number of carbonyl (C=O) groups is 1. The van der Waals surface area contributed by atoms with E-state index in [0.29, 0.717) is 18.4 Å². The molecule has 88 valence electrons. The molecule has 2 rings (SSSR count).